The summed E-state index contributed by atoms with van der Waals surface area (Å²) in [4.78, 5) is 12.1. The molecule has 0 aliphatic heterocycles. The van der Waals surface area contributed by atoms with E-state index in [0.29, 0.717) is 25.7 Å². The van der Waals surface area contributed by atoms with Crippen LogP contribution in [0.2, 0.25) is 0 Å². The van der Waals surface area contributed by atoms with Crippen molar-refractivity contribution in [1.82, 2.24) is 5.48 Å². The van der Waals surface area contributed by atoms with E-state index >= 15 is 0 Å². The summed E-state index contributed by atoms with van der Waals surface area (Å²) < 4.78 is 71.6. The van der Waals surface area contributed by atoms with Crippen LogP contribution in [-0.4, -0.2) is 31.6 Å². The highest BCUT2D eigenvalue weighted by Crippen LogP contribution is 2.41. The Kier molecular flexibility index (Phi) is 6.46. The number of alkyl halides is 3. The van der Waals surface area contributed by atoms with E-state index in [1.807, 2.05) is 0 Å². The van der Waals surface area contributed by atoms with Gasteiger partial charge in [-0.25, -0.2) is 13.9 Å². The second-order valence-corrected chi connectivity index (χ2v) is 9.27. The van der Waals surface area contributed by atoms with Crippen LogP contribution in [-0.2, 0) is 14.6 Å². The zero-order chi connectivity index (χ0) is 22.7. The predicted molar refractivity (Wildman–Crippen MR) is 103 cm³/mol. The van der Waals surface area contributed by atoms with Crippen LogP contribution in [0, 0.1) is 5.41 Å². The number of ether oxygens (including phenoxy) is 2. The third kappa shape index (κ3) is 5.67. The fourth-order valence-corrected chi connectivity index (χ4v) is 5.48. The summed E-state index contributed by atoms with van der Waals surface area (Å²) in [6, 6.07) is 10.2. The number of sulfone groups is 1. The molecule has 1 fully saturated rings. The number of nitrogens with one attached hydrogen (secondary N) is 1. The molecule has 2 N–H and O–H groups in total. The van der Waals surface area contributed by atoms with Crippen LogP contribution in [0.3, 0.4) is 0 Å². The maximum absolute atomic E-state index is 12.8. The van der Waals surface area contributed by atoms with Gasteiger partial charge in [0.25, 0.3) is 5.91 Å². The van der Waals surface area contributed by atoms with Crippen molar-refractivity contribution in [2.75, 3.05) is 5.75 Å². The van der Waals surface area contributed by atoms with Crippen LogP contribution >= 0.6 is 0 Å². The molecule has 1 saturated carbocycles. The molecular weight excluding hydrogens is 439 g/mol. The van der Waals surface area contributed by atoms with Crippen molar-refractivity contribution in [3.05, 3.63) is 48.5 Å². The summed E-state index contributed by atoms with van der Waals surface area (Å²) in [5.41, 5.74) is 0.416. The maximum atomic E-state index is 12.8. The number of amides is 1. The normalized spacial score (nSPS) is 16.0. The van der Waals surface area contributed by atoms with E-state index in [1.54, 1.807) is 5.48 Å². The Morgan fingerprint density at radius 3 is 1.94 bits per heavy atom. The van der Waals surface area contributed by atoms with E-state index in [4.69, 9.17) is 9.94 Å². The third-order valence-corrected chi connectivity index (χ3v) is 7.01. The summed E-state index contributed by atoms with van der Waals surface area (Å²) >= 11 is 0. The molecule has 2 aromatic rings. The van der Waals surface area contributed by atoms with Crippen molar-refractivity contribution in [2.24, 2.45) is 5.41 Å². The smallest absolute Gasteiger partial charge is 0.457 e. The standard InChI is InChI=1S/C20H20F3NO6S/c21-20(22,23)30-16-5-3-14(4-6-16)29-15-7-9-17(10-8-15)31(27,28)13-19(18(25)24-26)11-1-2-12-19/h3-10,26H,1-2,11-13H2,(H,24,25). The number of hydroxylamine groups is 1. The Balaban J connectivity index is 1.70. The molecule has 0 radical (unpaired) electrons. The Labute approximate surface area is 176 Å². The number of halogens is 3. The van der Waals surface area contributed by atoms with Crippen LogP contribution in [0.4, 0.5) is 13.2 Å². The molecule has 1 amide bonds. The van der Waals surface area contributed by atoms with E-state index in [-0.39, 0.29) is 16.4 Å². The average molecular weight is 459 g/mol. The SMILES string of the molecule is O=C(NO)C1(CS(=O)(=O)c2ccc(Oc3ccc(OC(F)(F)F)cc3)cc2)CCCC1. The zero-order valence-electron chi connectivity index (χ0n) is 16.2. The van der Waals surface area contributed by atoms with Gasteiger partial charge in [0.05, 0.1) is 16.1 Å². The van der Waals surface area contributed by atoms with E-state index in [2.05, 4.69) is 4.74 Å². The van der Waals surface area contributed by atoms with Gasteiger partial charge in [0, 0.05) is 0 Å². The molecule has 11 heteroatoms. The van der Waals surface area contributed by atoms with Gasteiger partial charge < -0.3 is 9.47 Å². The molecule has 168 valence electrons. The van der Waals surface area contributed by atoms with Gasteiger partial charge >= 0.3 is 6.36 Å². The first-order chi connectivity index (χ1) is 14.5. The fraction of sp³-hybridized carbons (Fsp3) is 0.350. The Morgan fingerprint density at radius 1 is 0.968 bits per heavy atom. The minimum absolute atomic E-state index is 0.00853. The lowest BCUT2D eigenvalue weighted by Crippen LogP contribution is -2.42. The number of rotatable bonds is 7. The van der Waals surface area contributed by atoms with Gasteiger partial charge in [0.15, 0.2) is 9.84 Å². The summed E-state index contributed by atoms with van der Waals surface area (Å²) in [5, 5.41) is 9.00. The summed E-state index contributed by atoms with van der Waals surface area (Å²) in [6.45, 7) is 0. The molecule has 0 saturated heterocycles. The number of hydrogen-bond donors (Lipinski definition) is 2. The van der Waals surface area contributed by atoms with Gasteiger partial charge in [-0.15, -0.1) is 13.2 Å². The first-order valence-electron chi connectivity index (χ1n) is 9.34. The average Bonchev–Trinajstić information content (AvgIpc) is 3.17. The van der Waals surface area contributed by atoms with Crippen LogP contribution < -0.4 is 15.0 Å². The van der Waals surface area contributed by atoms with Crippen LogP contribution in [0.25, 0.3) is 0 Å². The molecule has 3 rings (SSSR count). The van der Waals surface area contributed by atoms with Gasteiger partial charge in [-0.1, -0.05) is 12.8 Å². The third-order valence-electron chi connectivity index (χ3n) is 5.09. The van der Waals surface area contributed by atoms with Crippen molar-refractivity contribution in [3.63, 3.8) is 0 Å². The highest BCUT2D eigenvalue weighted by Gasteiger charge is 2.45. The highest BCUT2D eigenvalue weighted by atomic mass is 32.2. The summed E-state index contributed by atoms with van der Waals surface area (Å²) in [5.74, 6) is -1.02. The van der Waals surface area contributed by atoms with Crippen LogP contribution in [0.5, 0.6) is 17.2 Å². The lowest BCUT2D eigenvalue weighted by atomic mass is 9.88. The molecule has 0 unspecified atom stereocenters. The van der Waals surface area contributed by atoms with Gasteiger partial charge in [0.1, 0.15) is 17.2 Å². The first kappa shape index (κ1) is 22.9. The molecule has 2 aromatic carbocycles. The molecule has 31 heavy (non-hydrogen) atoms. The van der Waals surface area contributed by atoms with Crippen molar-refractivity contribution in [3.8, 4) is 17.2 Å². The number of hydrogen-bond acceptors (Lipinski definition) is 6. The van der Waals surface area contributed by atoms with Crippen molar-refractivity contribution in [2.45, 2.75) is 36.9 Å². The molecule has 1 aliphatic carbocycles. The zero-order valence-corrected chi connectivity index (χ0v) is 17.0. The number of benzene rings is 2. The molecule has 0 heterocycles. The Bertz CT molecular complexity index is 1010. The predicted octanol–water partition coefficient (Wildman–Crippen LogP) is 4.22. The van der Waals surface area contributed by atoms with E-state index < -0.39 is 39.0 Å². The largest absolute Gasteiger partial charge is 0.573 e. The maximum Gasteiger partial charge on any atom is 0.573 e. The minimum atomic E-state index is -4.79. The molecule has 7 nitrogen and oxygen atoms in total. The van der Waals surface area contributed by atoms with Crippen molar-refractivity contribution < 1.29 is 41.1 Å². The highest BCUT2D eigenvalue weighted by molar-refractivity contribution is 7.91. The molecule has 1 aliphatic rings. The monoisotopic (exact) mass is 459 g/mol. The minimum Gasteiger partial charge on any atom is -0.457 e. The quantitative estimate of drug-likeness (QED) is 0.475. The molecular formula is C20H20F3NO6S. The van der Waals surface area contributed by atoms with Crippen molar-refractivity contribution in [1.29, 1.82) is 0 Å². The van der Waals surface area contributed by atoms with Crippen LogP contribution in [0.1, 0.15) is 25.7 Å². The Hall–Kier alpha value is -2.79. The second-order valence-electron chi connectivity index (χ2n) is 7.28. The molecule has 0 aromatic heterocycles. The molecule has 0 bridgehead atoms. The van der Waals surface area contributed by atoms with Gasteiger partial charge in [0.2, 0.25) is 0 Å². The van der Waals surface area contributed by atoms with Crippen molar-refractivity contribution >= 4 is 15.7 Å². The number of carbonyl (C=O) groups is 1. The van der Waals surface area contributed by atoms with Crippen LogP contribution in [0.15, 0.2) is 53.4 Å². The molecule has 0 spiro atoms. The van der Waals surface area contributed by atoms with Gasteiger partial charge in [-0.2, -0.15) is 0 Å². The van der Waals surface area contributed by atoms with E-state index in [0.717, 1.165) is 12.1 Å². The Morgan fingerprint density at radius 2 is 1.45 bits per heavy atom. The number of carbonyl (C=O) groups excluding carboxylic acids is 1. The summed E-state index contributed by atoms with van der Waals surface area (Å²) in [6.07, 6.45) is -2.66. The molecule has 0 atom stereocenters. The van der Waals surface area contributed by atoms with Gasteiger partial charge in [-0.3, -0.25) is 10.0 Å². The lowest BCUT2D eigenvalue weighted by Gasteiger charge is -2.25. The summed E-state index contributed by atoms with van der Waals surface area (Å²) in [7, 11) is -3.82. The fourth-order valence-electron chi connectivity index (χ4n) is 3.61. The van der Waals surface area contributed by atoms with E-state index in [9.17, 15) is 26.4 Å². The van der Waals surface area contributed by atoms with Gasteiger partial charge in [-0.05, 0) is 61.4 Å². The first-order valence-corrected chi connectivity index (χ1v) is 11.0. The second kappa shape index (κ2) is 8.75. The lowest BCUT2D eigenvalue weighted by molar-refractivity contribution is -0.274. The topological polar surface area (TPSA) is 102 Å². The van der Waals surface area contributed by atoms with E-state index in [1.165, 1.54) is 36.4 Å².